The Bertz CT molecular complexity index is 779. The monoisotopic (exact) mass is 340 g/mol. The lowest BCUT2D eigenvalue weighted by Gasteiger charge is -2.26. The highest BCUT2D eigenvalue weighted by Crippen LogP contribution is 2.34. The van der Waals surface area contributed by atoms with Crippen molar-refractivity contribution in [3.8, 4) is 11.4 Å². The van der Waals surface area contributed by atoms with Crippen molar-refractivity contribution in [2.75, 3.05) is 13.1 Å². The van der Waals surface area contributed by atoms with Crippen LogP contribution < -0.4 is 0 Å². The van der Waals surface area contributed by atoms with Crippen LogP contribution in [0.2, 0.25) is 0 Å². The Balaban J connectivity index is 1.51. The zero-order valence-electron chi connectivity index (χ0n) is 14.9. The van der Waals surface area contributed by atoms with Gasteiger partial charge in [0.15, 0.2) is 0 Å². The topological polar surface area (TPSA) is 63.8 Å². The number of benzene rings is 1. The highest BCUT2D eigenvalue weighted by Gasteiger charge is 2.40. The number of hydrogen-bond donors (Lipinski definition) is 0. The van der Waals surface area contributed by atoms with Gasteiger partial charge in [-0.2, -0.15) is 4.98 Å². The van der Waals surface area contributed by atoms with Gasteiger partial charge >= 0.3 is 0 Å². The summed E-state index contributed by atoms with van der Waals surface area (Å²) < 4.78 is 5.47. The zero-order chi connectivity index (χ0) is 17.3. The normalized spacial score (nSPS) is 24.2. The number of oxime groups is 1. The summed E-state index contributed by atoms with van der Waals surface area (Å²) in [5, 5.41) is 8.17. The second kappa shape index (κ2) is 6.59. The third-order valence-electron chi connectivity index (χ3n) is 4.91. The smallest absolute Gasteiger partial charge is 0.274 e. The number of aromatic nitrogens is 2. The van der Waals surface area contributed by atoms with Crippen LogP contribution in [0, 0.1) is 0 Å². The van der Waals surface area contributed by atoms with Crippen molar-refractivity contribution >= 4 is 5.71 Å². The Morgan fingerprint density at radius 3 is 2.80 bits per heavy atom. The molecule has 1 aromatic carbocycles. The van der Waals surface area contributed by atoms with E-state index in [9.17, 15) is 0 Å². The van der Waals surface area contributed by atoms with E-state index in [1.165, 1.54) is 37.9 Å². The van der Waals surface area contributed by atoms with Gasteiger partial charge in [-0.25, -0.2) is 0 Å². The maximum absolute atomic E-state index is 5.50. The third-order valence-corrected chi connectivity index (χ3v) is 4.91. The molecule has 1 unspecified atom stereocenters. The molecule has 6 heteroatoms. The molecule has 0 saturated carbocycles. The standard InChI is InChI=1S/C19H24N4O2/c1-14-12-19(2,25-21-14)18-20-17(22-24-18)16-8-6-7-15(11-16)13-23-9-4-3-5-10-23/h6-8,11H,3-5,9-10,12-13H2,1-2H3. The van der Waals surface area contributed by atoms with E-state index in [-0.39, 0.29) is 0 Å². The van der Waals surface area contributed by atoms with E-state index in [2.05, 4.69) is 38.4 Å². The average molecular weight is 340 g/mol. The first-order valence-electron chi connectivity index (χ1n) is 9.00. The Hall–Kier alpha value is -2.21. The van der Waals surface area contributed by atoms with Crippen LogP contribution in [0.15, 0.2) is 33.9 Å². The van der Waals surface area contributed by atoms with Crippen molar-refractivity contribution in [2.45, 2.75) is 51.7 Å². The molecule has 6 nitrogen and oxygen atoms in total. The molecule has 1 fully saturated rings. The minimum Gasteiger partial charge on any atom is -0.379 e. The van der Waals surface area contributed by atoms with Crippen molar-refractivity contribution in [2.24, 2.45) is 5.16 Å². The van der Waals surface area contributed by atoms with Crippen LogP contribution in [0.1, 0.15) is 51.0 Å². The summed E-state index contributed by atoms with van der Waals surface area (Å²) in [6.45, 7) is 7.22. The largest absolute Gasteiger partial charge is 0.379 e. The molecule has 0 N–H and O–H groups in total. The molecule has 0 bridgehead atoms. The van der Waals surface area contributed by atoms with Crippen LogP contribution in [0.5, 0.6) is 0 Å². The minimum absolute atomic E-state index is 0.476. The van der Waals surface area contributed by atoms with Gasteiger partial charge in [0, 0.05) is 18.5 Å². The van der Waals surface area contributed by atoms with Gasteiger partial charge in [-0.15, -0.1) is 0 Å². The van der Waals surface area contributed by atoms with Gasteiger partial charge in [0.2, 0.25) is 11.4 Å². The molecule has 2 aliphatic heterocycles. The molecule has 4 rings (SSSR count). The van der Waals surface area contributed by atoms with Crippen LogP contribution in [0.4, 0.5) is 0 Å². The van der Waals surface area contributed by atoms with Gasteiger partial charge in [-0.1, -0.05) is 34.9 Å². The quantitative estimate of drug-likeness (QED) is 0.848. The zero-order valence-corrected chi connectivity index (χ0v) is 14.9. The van der Waals surface area contributed by atoms with Gasteiger partial charge in [-0.3, -0.25) is 4.90 Å². The number of nitrogens with zero attached hydrogens (tertiary/aromatic N) is 4. The van der Waals surface area contributed by atoms with E-state index in [0.29, 0.717) is 18.1 Å². The van der Waals surface area contributed by atoms with Crippen molar-refractivity contribution < 1.29 is 9.36 Å². The Labute approximate surface area is 147 Å². The summed E-state index contributed by atoms with van der Waals surface area (Å²) in [4.78, 5) is 12.6. The molecule has 0 spiro atoms. The molecule has 1 atom stereocenters. The molecule has 3 heterocycles. The van der Waals surface area contributed by atoms with E-state index < -0.39 is 5.60 Å². The van der Waals surface area contributed by atoms with E-state index in [1.807, 2.05) is 19.9 Å². The number of piperidine rings is 1. The summed E-state index contributed by atoms with van der Waals surface area (Å²) in [5.74, 6) is 1.08. The lowest BCUT2D eigenvalue weighted by Crippen LogP contribution is -2.29. The molecule has 2 aliphatic rings. The first-order valence-corrected chi connectivity index (χ1v) is 9.00. The molecule has 1 aromatic heterocycles. The van der Waals surface area contributed by atoms with Crippen LogP contribution in [0.25, 0.3) is 11.4 Å². The summed E-state index contributed by atoms with van der Waals surface area (Å²) in [6.07, 6.45) is 4.62. The van der Waals surface area contributed by atoms with Gasteiger partial charge in [-0.05, 0) is 51.4 Å². The third kappa shape index (κ3) is 3.44. The van der Waals surface area contributed by atoms with Gasteiger partial charge in [0.1, 0.15) is 0 Å². The van der Waals surface area contributed by atoms with Crippen LogP contribution in [-0.2, 0) is 17.0 Å². The second-order valence-corrected chi connectivity index (χ2v) is 7.29. The van der Waals surface area contributed by atoms with Crippen LogP contribution in [-0.4, -0.2) is 33.8 Å². The first-order chi connectivity index (χ1) is 12.1. The fourth-order valence-electron chi connectivity index (χ4n) is 3.59. The molecular formula is C19H24N4O2. The maximum atomic E-state index is 5.50. The number of hydrogen-bond acceptors (Lipinski definition) is 6. The second-order valence-electron chi connectivity index (χ2n) is 7.29. The summed E-state index contributed by atoms with van der Waals surface area (Å²) in [6, 6.07) is 8.40. The minimum atomic E-state index is -0.652. The highest BCUT2D eigenvalue weighted by molar-refractivity contribution is 5.83. The van der Waals surface area contributed by atoms with Gasteiger partial charge in [0.25, 0.3) is 5.89 Å². The Morgan fingerprint density at radius 2 is 2.04 bits per heavy atom. The van der Waals surface area contributed by atoms with Crippen LogP contribution in [0.3, 0.4) is 0 Å². The molecule has 25 heavy (non-hydrogen) atoms. The van der Waals surface area contributed by atoms with E-state index in [0.717, 1.165) is 17.8 Å². The molecule has 0 amide bonds. The maximum Gasteiger partial charge on any atom is 0.274 e. The molecular weight excluding hydrogens is 316 g/mol. The average Bonchev–Trinajstić information content (AvgIpc) is 3.24. The predicted octanol–water partition coefficient (Wildman–Crippen LogP) is 3.73. The molecule has 0 radical (unpaired) electrons. The molecule has 1 saturated heterocycles. The summed E-state index contributed by atoms with van der Waals surface area (Å²) >= 11 is 0. The lowest BCUT2D eigenvalue weighted by molar-refractivity contribution is -0.0313. The van der Waals surface area contributed by atoms with Gasteiger partial charge in [0.05, 0.1) is 5.71 Å². The molecule has 132 valence electrons. The van der Waals surface area contributed by atoms with Crippen molar-refractivity contribution in [3.05, 3.63) is 35.7 Å². The number of likely N-dealkylation sites (tertiary alicyclic amines) is 1. The van der Waals surface area contributed by atoms with E-state index >= 15 is 0 Å². The SMILES string of the molecule is CC1=NOC(C)(c2nc(-c3cccc(CN4CCCCC4)c3)no2)C1. The fraction of sp³-hybridized carbons (Fsp3) is 0.526. The Morgan fingerprint density at radius 1 is 1.20 bits per heavy atom. The van der Waals surface area contributed by atoms with Crippen molar-refractivity contribution in [1.82, 2.24) is 15.0 Å². The predicted molar refractivity (Wildman–Crippen MR) is 95.0 cm³/mol. The molecule has 0 aliphatic carbocycles. The van der Waals surface area contributed by atoms with Crippen molar-refractivity contribution in [1.29, 1.82) is 0 Å². The molecule has 2 aromatic rings. The van der Waals surface area contributed by atoms with E-state index in [1.54, 1.807) is 0 Å². The van der Waals surface area contributed by atoms with Gasteiger partial charge < -0.3 is 9.36 Å². The Kier molecular flexibility index (Phi) is 4.29. The first kappa shape index (κ1) is 16.3. The highest BCUT2D eigenvalue weighted by atomic mass is 16.7. The lowest BCUT2D eigenvalue weighted by atomic mass is 10.0. The van der Waals surface area contributed by atoms with Crippen LogP contribution >= 0.6 is 0 Å². The van der Waals surface area contributed by atoms with E-state index in [4.69, 9.17) is 9.36 Å². The summed E-state index contributed by atoms with van der Waals surface area (Å²) in [5.41, 5.74) is 2.54. The summed E-state index contributed by atoms with van der Waals surface area (Å²) in [7, 11) is 0. The number of rotatable bonds is 4. The fourth-order valence-corrected chi connectivity index (χ4v) is 3.59. The van der Waals surface area contributed by atoms with Crippen molar-refractivity contribution in [3.63, 3.8) is 0 Å².